The zero-order valence-electron chi connectivity index (χ0n) is 10.4. The van der Waals surface area contributed by atoms with Gasteiger partial charge in [0.25, 0.3) is 5.91 Å². The summed E-state index contributed by atoms with van der Waals surface area (Å²) in [5.41, 5.74) is 1.90. The van der Waals surface area contributed by atoms with Crippen LogP contribution in [0, 0.1) is 4.91 Å². The lowest BCUT2D eigenvalue weighted by Crippen LogP contribution is -2.40. The number of carbonyl (C=O) groups excluding carboxylic acids is 1. The van der Waals surface area contributed by atoms with Crippen molar-refractivity contribution in [2.75, 3.05) is 13.1 Å². The van der Waals surface area contributed by atoms with Crippen LogP contribution in [0.5, 0.6) is 0 Å². The largest absolute Gasteiger partial charge is 0.348 e. The van der Waals surface area contributed by atoms with Gasteiger partial charge in [-0.05, 0) is 18.2 Å². The third-order valence-electron chi connectivity index (χ3n) is 3.22. The molecule has 6 nitrogen and oxygen atoms in total. The molecule has 0 radical (unpaired) electrons. The van der Waals surface area contributed by atoms with E-state index in [1.165, 1.54) is 0 Å². The monoisotopic (exact) mass is 290 g/mol. The van der Waals surface area contributed by atoms with Crippen LogP contribution in [0.15, 0.2) is 35.5 Å². The smallest absolute Gasteiger partial charge is 0.269 e. The molecule has 3 rings (SSSR count). The fourth-order valence-corrected chi connectivity index (χ4v) is 2.44. The highest BCUT2D eigenvalue weighted by Crippen LogP contribution is 2.25. The van der Waals surface area contributed by atoms with Gasteiger partial charge in [-0.15, -0.1) is 0 Å². The normalized spacial score (nSPS) is 17.4. The molecule has 1 aromatic heterocycles. The molecule has 20 heavy (non-hydrogen) atoms. The summed E-state index contributed by atoms with van der Waals surface area (Å²) in [7, 11) is 0. The number of nitrogens with one attached hydrogen (secondary N) is 1. The van der Waals surface area contributed by atoms with Gasteiger partial charge < -0.3 is 5.32 Å². The Morgan fingerprint density at radius 3 is 3.05 bits per heavy atom. The van der Waals surface area contributed by atoms with E-state index in [0.29, 0.717) is 23.0 Å². The molecule has 1 unspecified atom stereocenters. The molecule has 7 heteroatoms. The number of nitroso groups, excluding NO2 is 1. The second-order valence-electron chi connectivity index (χ2n) is 4.55. The zero-order valence-corrected chi connectivity index (χ0v) is 11.2. The van der Waals surface area contributed by atoms with E-state index < -0.39 is 0 Å². The Labute approximate surface area is 119 Å². The highest BCUT2D eigenvalue weighted by molar-refractivity contribution is 6.30. The van der Waals surface area contributed by atoms with E-state index in [1.54, 1.807) is 22.9 Å². The number of benzene rings is 1. The molecular formula is C13H11ClN4O2. The summed E-state index contributed by atoms with van der Waals surface area (Å²) in [6.07, 6.45) is 0. The van der Waals surface area contributed by atoms with Crippen LogP contribution >= 0.6 is 11.6 Å². The summed E-state index contributed by atoms with van der Waals surface area (Å²) in [5, 5.41) is 10.6. The molecule has 1 aliphatic rings. The fourth-order valence-electron chi connectivity index (χ4n) is 2.25. The Balaban J connectivity index is 2.06. The van der Waals surface area contributed by atoms with Gasteiger partial charge in [-0.3, -0.25) is 9.48 Å². The van der Waals surface area contributed by atoms with Gasteiger partial charge in [-0.2, -0.15) is 10.0 Å². The van der Waals surface area contributed by atoms with Gasteiger partial charge in [0.1, 0.15) is 12.2 Å². The predicted molar refractivity (Wildman–Crippen MR) is 74.7 cm³/mol. The second-order valence-corrected chi connectivity index (χ2v) is 4.98. The molecule has 2 aromatic rings. The van der Waals surface area contributed by atoms with Crippen molar-refractivity contribution in [1.29, 1.82) is 0 Å². The molecule has 2 heterocycles. The molecule has 1 amide bonds. The quantitative estimate of drug-likeness (QED) is 0.881. The Bertz CT molecular complexity index is 683. The number of fused-ring (bicyclic) bond motifs is 1. The van der Waals surface area contributed by atoms with Crippen molar-refractivity contribution in [3.05, 3.63) is 46.0 Å². The van der Waals surface area contributed by atoms with Crippen molar-refractivity contribution in [1.82, 2.24) is 15.1 Å². The van der Waals surface area contributed by atoms with E-state index in [9.17, 15) is 9.70 Å². The number of hydrogen-bond acceptors (Lipinski definition) is 4. The molecule has 1 aliphatic heterocycles. The first-order chi connectivity index (χ1) is 9.69. The first-order valence-electron chi connectivity index (χ1n) is 6.12. The van der Waals surface area contributed by atoms with Crippen LogP contribution in [-0.4, -0.2) is 28.8 Å². The average molecular weight is 291 g/mol. The van der Waals surface area contributed by atoms with E-state index >= 15 is 0 Å². The molecule has 0 bridgehead atoms. The lowest BCUT2D eigenvalue weighted by Gasteiger charge is -2.22. The maximum Gasteiger partial charge on any atom is 0.269 e. The highest BCUT2D eigenvalue weighted by Gasteiger charge is 2.27. The topological polar surface area (TPSA) is 76.3 Å². The molecule has 0 saturated carbocycles. The first kappa shape index (κ1) is 12.8. The number of nitrogens with zero attached hydrogens (tertiary/aromatic N) is 3. The van der Waals surface area contributed by atoms with E-state index in [4.69, 9.17) is 11.6 Å². The van der Waals surface area contributed by atoms with Gasteiger partial charge in [0.15, 0.2) is 0 Å². The van der Waals surface area contributed by atoms with E-state index in [0.717, 1.165) is 5.56 Å². The fraction of sp³-hybridized carbons (Fsp3) is 0.231. The second kappa shape index (κ2) is 5.05. The van der Waals surface area contributed by atoms with E-state index in [1.807, 2.05) is 12.1 Å². The average Bonchev–Trinajstić information content (AvgIpc) is 2.88. The van der Waals surface area contributed by atoms with Crippen molar-refractivity contribution in [2.24, 2.45) is 5.18 Å². The zero-order chi connectivity index (χ0) is 14.1. The molecular weight excluding hydrogens is 280 g/mol. The van der Waals surface area contributed by atoms with Crippen molar-refractivity contribution in [2.45, 2.75) is 6.04 Å². The van der Waals surface area contributed by atoms with Gasteiger partial charge in [-0.25, -0.2) is 0 Å². The molecule has 0 spiro atoms. The van der Waals surface area contributed by atoms with Crippen molar-refractivity contribution < 1.29 is 4.79 Å². The molecule has 0 fully saturated rings. The van der Waals surface area contributed by atoms with Gasteiger partial charge in [-0.1, -0.05) is 28.9 Å². The number of hydrogen-bond donors (Lipinski definition) is 1. The molecule has 1 atom stereocenters. The van der Waals surface area contributed by atoms with Crippen LogP contribution in [-0.2, 0) is 0 Å². The summed E-state index contributed by atoms with van der Waals surface area (Å²) in [6, 6.07) is 8.69. The molecule has 1 N–H and O–H groups in total. The van der Waals surface area contributed by atoms with Crippen LogP contribution in [0.4, 0.5) is 0 Å². The summed E-state index contributed by atoms with van der Waals surface area (Å²) in [6.45, 7) is 0.429. The SMILES string of the molecule is O=NCC1CNC(=O)c2cc(-c3cccc(Cl)c3)nn21. The summed E-state index contributed by atoms with van der Waals surface area (Å²) in [5.74, 6) is -0.201. The third-order valence-corrected chi connectivity index (χ3v) is 3.45. The minimum atomic E-state index is -0.242. The highest BCUT2D eigenvalue weighted by atomic mass is 35.5. The Kier molecular flexibility index (Phi) is 3.23. The van der Waals surface area contributed by atoms with Crippen molar-refractivity contribution in [3.8, 4) is 11.3 Å². The lowest BCUT2D eigenvalue weighted by molar-refractivity contribution is 0.0911. The number of carbonyl (C=O) groups is 1. The van der Waals surface area contributed by atoms with Crippen LogP contribution in [0.1, 0.15) is 16.5 Å². The summed E-state index contributed by atoms with van der Waals surface area (Å²) in [4.78, 5) is 22.3. The van der Waals surface area contributed by atoms with Crippen LogP contribution in [0.3, 0.4) is 0 Å². The van der Waals surface area contributed by atoms with Gasteiger partial charge in [0.05, 0.1) is 11.7 Å². The van der Waals surface area contributed by atoms with Gasteiger partial charge in [0, 0.05) is 17.1 Å². The number of halogens is 1. The van der Waals surface area contributed by atoms with Crippen LogP contribution < -0.4 is 5.32 Å². The number of rotatable bonds is 3. The summed E-state index contributed by atoms with van der Waals surface area (Å²) < 4.78 is 1.57. The maximum absolute atomic E-state index is 11.8. The predicted octanol–water partition coefficient (Wildman–Crippen LogP) is 2.25. The maximum atomic E-state index is 11.8. The molecule has 0 saturated heterocycles. The minimum Gasteiger partial charge on any atom is -0.348 e. The Morgan fingerprint density at radius 2 is 2.30 bits per heavy atom. The summed E-state index contributed by atoms with van der Waals surface area (Å²) >= 11 is 5.96. The van der Waals surface area contributed by atoms with Crippen LogP contribution in [0.2, 0.25) is 5.02 Å². The number of amides is 1. The van der Waals surface area contributed by atoms with Gasteiger partial charge >= 0.3 is 0 Å². The van der Waals surface area contributed by atoms with Crippen molar-refractivity contribution in [3.63, 3.8) is 0 Å². The third kappa shape index (κ3) is 2.18. The van der Waals surface area contributed by atoms with E-state index in [2.05, 4.69) is 15.6 Å². The van der Waals surface area contributed by atoms with E-state index in [-0.39, 0.29) is 18.5 Å². The van der Waals surface area contributed by atoms with Crippen LogP contribution in [0.25, 0.3) is 11.3 Å². The van der Waals surface area contributed by atoms with Gasteiger partial charge in [0.2, 0.25) is 0 Å². The Hall–Kier alpha value is -2.21. The van der Waals surface area contributed by atoms with Crippen molar-refractivity contribution >= 4 is 17.5 Å². The molecule has 102 valence electrons. The first-order valence-corrected chi connectivity index (χ1v) is 6.49. The standard InChI is InChI=1S/C13H11ClN4O2/c14-9-3-1-2-8(4-9)11-5-12-13(19)15-6-10(7-16-20)18(12)17-11/h1-5,10H,6-7H2,(H,15,19). The molecule has 0 aliphatic carbocycles. The number of aromatic nitrogens is 2. The minimum absolute atomic E-state index is 0.0734. The Morgan fingerprint density at radius 1 is 1.45 bits per heavy atom. The molecule has 1 aromatic carbocycles. The lowest BCUT2D eigenvalue weighted by atomic mass is 10.1.